The number of nitrogens with zero attached hydrogens (tertiary/aromatic N) is 1. The first kappa shape index (κ1) is 17.4. The van der Waals surface area contributed by atoms with Crippen LogP contribution in [0.5, 0.6) is 0 Å². The molecule has 1 N–H and O–H groups in total. The summed E-state index contributed by atoms with van der Waals surface area (Å²) in [4.78, 5) is 0. The van der Waals surface area contributed by atoms with Crippen LogP contribution in [0.1, 0.15) is 47.7 Å². The Kier molecular flexibility index (Phi) is 6.02. The van der Waals surface area contributed by atoms with Gasteiger partial charge in [-0.05, 0) is 34.6 Å². The Morgan fingerprint density at radius 1 is 0.920 bits per heavy atom. The zero-order chi connectivity index (χ0) is 17.5. The van der Waals surface area contributed by atoms with Gasteiger partial charge in [0, 0.05) is 12.1 Å². The normalized spacial score (nSPS) is 11.2. The third-order valence-corrected chi connectivity index (χ3v) is 4.39. The van der Waals surface area contributed by atoms with Crippen molar-refractivity contribution in [2.75, 3.05) is 6.61 Å². The lowest BCUT2D eigenvalue weighted by atomic mass is 9.99. The summed E-state index contributed by atoms with van der Waals surface area (Å²) >= 11 is 0. The van der Waals surface area contributed by atoms with Gasteiger partial charge in [-0.3, -0.25) is 5.10 Å². The molecule has 2 aromatic carbocycles. The molecule has 0 saturated carbocycles. The molecule has 0 aliphatic heterocycles. The quantitative estimate of drug-likeness (QED) is 0.596. The van der Waals surface area contributed by atoms with Crippen molar-refractivity contribution >= 4 is 0 Å². The molecular formula is C22H26N2O. The SMILES string of the molecule is CC(C)c1[nH]ncc1Cc1ccc(CCOCc2ccccc2)cc1. The van der Waals surface area contributed by atoms with Crippen molar-refractivity contribution in [1.29, 1.82) is 0 Å². The number of rotatable bonds is 8. The topological polar surface area (TPSA) is 37.9 Å². The highest BCUT2D eigenvalue weighted by Crippen LogP contribution is 2.19. The molecule has 25 heavy (non-hydrogen) atoms. The summed E-state index contributed by atoms with van der Waals surface area (Å²) in [6.45, 7) is 5.80. The molecule has 130 valence electrons. The fourth-order valence-electron chi connectivity index (χ4n) is 2.96. The van der Waals surface area contributed by atoms with Gasteiger partial charge in [-0.25, -0.2) is 0 Å². The van der Waals surface area contributed by atoms with Gasteiger partial charge < -0.3 is 4.74 Å². The van der Waals surface area contributed by atoms with Gasteiger partial charge in [-0.15, -0.1) is 0 Å². The van der Waals surface area contributed by atoms with Gasteiger partial charge in [-0.2, -0.15) is 5.10 Å². The number of aromatic amines is 1. The minimum Gasteiger partial charge on any atom is -0.376 e. The average Bonchev–Trinajstić information content (AvgIpc) is 3.09. The Bertz CT molecular complexity index is 760. The van der Waals surface area contributed by atoms with Crippen LogP contribution in [0.4, 0.5) is 0 Å². The predicted octanol–water partition coefficient (Wildman–Crippen LogP) is 4.88. The molecule has 3 rings (SSSR count). The van der Waals surface area contributed by atoms with Crippen molar-refractivity contribution in [1.82, 2.24) is 10.2 Å². The smallest absolute Gasteiger partial charge is 0.0717 e. The highest BCUT2D eigenvalue weighted by molar-refractivity contribution is 5.30. The second-order valence-corrected chi connectivity index (χ2v) is 6.75. The Hall–Kier alpha value is -2.39. The third-order valence-electron chi connectivity index (χ3n) is 4.39. The molecule has 0 fully saturated rings. The number of H-pyrrole nitrogens is 1. The molecule has 0 spiro atoms. The van der Waals surface area contributed by atoms with E-state index in [0.717, 1.165) is 19.4 Å². The van der Waals surface area contributed by atoms with Crippen LogP contribution in [0.25, 0.3) is 0 Å². The fraction of sp³-hybridized carbons (Fsp3) is 0.318. The summed E-state index contributed by atoms with van der Waals surface area (Å²) in [5.74, 6) is 0.471. The lowest BCUT2D eigenvalue weighted by molar-refractivity contribution is 0.124. The van der Waals surface area contributed by atoms with Crippen molar-refractivity contribution < 1.29 is 4.74 Å². The number of benzene rings is 2. The maximum absolute atomic E-state index is 5.77. The number of hydrogen-bond donors (Lipinski definition) is 1. The lowest BCUT2D eigenvalue weighted by Crippen LogP contribution is -2.00. The molecule has 0 aliphatic rings. The highest BCUT2D eigenvalue weighted by Gasteiger charge is 2.09. The van der Waals surface area contributed by atoms with Crippen LogP contribution < -0.4 is 0 Å². The first-order valence-electron chi connectivity index (χ1n) is 8.94. The van der Waals surface area contributed by atoms with Crippen LogP contribution in [-0.2, 0) is 24.2 Å². The van der Waals surface area contributed by atoms with E-state index in [1.165, 1.54) is 27.9 Å². The first-order valence-corrected chi connectivity index (χ1v) is 8.94. The van der Waals surface area contributed by atoms with Gasteiger partial charge in [0.05, 0.1) is 19.4 Å². The maximum Gasteiger partial charge on any atom is 0.0717 e. The lowest BCUT2D eigenvalue weighted by Gasteiger charge is -2.08. The van der Waals surface area contributed by atoms with Gasteiger partial charge in [0.1, 0.15) is 0 Å². The minimum absolute atomic E-state index is 0.471. The fourth-order valence-corrected chi connectivity index (χ4v) is 2.96. The summed E-state index contributed by atoms with van der Waals surface area (Å²) in [6, 6.07) is 19.1. The van der Waals surface area contributed by atoms with Crippen LogP contribution in [0.3, 0.4) is 0 Å². The Labute approximate surface area is 150 Å². The van der Waals surface area contributed by atoms with Crippen molar-refractivity contribution in [3.05, 3.63) is 88.7 Å². The Morgan fingerprint density at radius 3 is 2.36 bits per heavy atom. The monoisotopic (exact) mass is 334 g/mol. The molecule has 0 radical (unpaired) electrons. The van der Waals surface area contributed by atoms with Crippen LogP contribution >= 0.6 is 0 Å². The van der Waals surface area contributed by atoms with E-state index in [4.69, 9.17) is 4.74 Å². The molecule has 0 aliphatic carbocycles. The number of nitrogens with one attached hydrogen (secondary N) is 1. The maximum atomic E-state index is 5.77. The van der Waals surface area contributed by atoms with Gasteiger partial charge in [0.2, 0.25) is 0 Å². The molecule has 1 heterocycles. The standard InChI is InChI=1S/C22H26N2O/c1-17(2)22-21(15-23-24-22)14-19-10-8-18(9-11-19)12-13-25-16-20-6-4-3-5-7-20/h3-11,15,17H,12-14,16H2,1-2H3,(H,23,24). The molecule has 1 aromatic heterocycles. The van der Waals surface area contributed by atoms with Crippen molar-refractivity contribution in [2.45, 2.75) is 39.2 Å². The van der Waals surface area contributed by atoms with E-state index in [0.29, 0.717) is 12.5 Å². The van der Waals surface area contributed by atoms with E-state index >= 15 is 0 Å². The van der Waals surface area contributed by atoms with Crippen LogP contribution in [0.15, 0.2) is 60.8 Å². The number of hydrogen-bond acceptors (Lipinski definition) is 2. The zero-order valence-corrected chi connectivity index (χ0v) is 15.0. The van der Waals surface area contributed by atoms with Crippen LogP contribution in [0, 0.1) is 0 Å². The molecule has 0 saturated heterocycles. The summed E-state index contributed by atoms with van der Waals surface area (Å²) in [5.41, 5.74) is 6.37. The number of aromatic nitrogens is 2. The number of ether oxygens (including phenoxy) is 1. The van der Waals surface area contributed by atoms with E-state index in [1.54, 1.807) is 0 Å². The van der Waals surface area contributed by atoms with E-state index in [1.807, 2.05) is 24.4 Å². The van der Waals surface area contributed by atoms with Crippen molar-refractivity contribution in [2.24, 2.45) is 0 Å². The summed E-state index contributed by atoms with van der Waals surface area (Å²) in [7, 11) is 0. The second kappa shape index (κ2) is 8.63. The van der Waals surface area contributed by atoms with Crippen LogP contribution in [-0.4, -0.2) is 16.8 Å². The summed E-state index contributed by atoms with van der Waals surface area (Å²) < 4.78 is 5.77. The largest absolute Gasteiger partial charge is 0.376 e. The van der Waals surface area contributed by atoms with Crippen LogP contribution in [0.2, 0.25) is 0 Å². The second-order valence-electron chi connectivity index (χ2n) is 6.75. The molecule has 3 heteroatoms. The Morgan fingerprint density at radius 2 is 1.64 bits per heavy atom. The Balaban J connectivity index is 1.48. The predicted molar refractivity (Wildman–Crippen MR) is 102 cm³/mol. The molecule has 3 aromatic rings. The van der Waals surface area contributed by atoms with E-state index < -0.39 is 0 Å². The van der Waals surface area contributed by atoms with E-state index in [9.17, 15) is 0 Å². The minimum atomic E-state index is 0.471. The molecular weight excluding hydrogens is 308 g/mol. The van der Waals surface area contributed by atoms with Gasteiger partial charge >= 0.3 is 0 Å². The van der Waals surface area contributed by atoms with E-state index in [-0.39, 0.29) is 0 Å². The van der Waals surface area contributed by atoms with E-state index in [2.05, 4.69) is 60.4 Å². The molecule has 0 atom stereocenters. The van der Waals surface area contributed by atoms with Crippen molar-refractivity contribution in [3.8, 4) is 0 Å². The highest BCUT2D eigenvalue weighted by atomic mass is 16.5. The molecule has 0 bridgehead atoms. The molecule has 0 amide bonds. The molecule has 3 nitrogen and oxygen atoms in total. The van der Waals surface area contributed by atoms with Gasteiger partial charge in [0.25, 0.3) is 0 Å². The zero-order valence-electron chi connectivity index (χ0n) is 15.0. The third kappa shape index (κ3) is 5.04. The summed E-state index contributed by atoms with van der Waals surface area (Å²) in [5, 5.41) is 7.31. The summed E-state index contributed by atoms with van der Waals surface area (Å²) in [6.07, 6.45) is 3.81. The van der Waals surface area contributed by atoms with Crippen molar-refractivity contribution in [3.63, 3.8) is 0 Å². The van der Waals surface area contributed by atoms with Gasteiger partial charge in [0.15, 0.2) is 0 Å². The first-order chi connectivity index (χ1) is 12.2. The average molecular weight is 334 g/mol. The van der Waals surface area contributed by atoms with Gasteiger partial charge in [-0.1, -0.05) is 68.4 Å². The molecule has 0 unspecified atom stereocenters.